The highest BCUT2D eigenvalue weighted by molar-refractivity contribution is 8.00. The fraction of sp³-hybridized carbons (Fsp3) is 0.176. The molecule has 3 nitrogen and oxygen atoms in total. The third kappa shape index (κ3) is 4.08. The minimum absolute atomic E-state index is 0.0648. The first-order valence-electron chi connectivity index (χ1n) is 7.10. The predicted molar refractivity (Wildman–Crippen MR) is 93.5 cm³/mol. The first-order valence-corrected chi connectivity index (χ1v) is 8.90. The van der Waals surface area contributed by atoms with Gasteiger partial charge in [0.25, 0.3) is 0 Å². The van der Waals surface area contributed by atoms with E-state index in [-0.39, 0.29) is 5.91 Å². The van der Waals surface area contributed by atoms with Crippen LogP contribution in [0.15, 0.2) is 59.5 Å². The number of fused-ring (bicyclic) bond motifs is 1. The van der Waals surface area contributed by atoms with Gasteiger partial charge >= 0.3 is 0 Å². The van der Waals surface area contributed by atoms with Crippen molar-refractivity contribution in [2.75, 3.05) is 12.3 Å². The lowest BCUT2D eigenvalue weighted by atomic mass is 10.3. The zero-order valence-electron chi connectivity index (χ0n) is 12.0. The van der Waals surface area contributed by atoms with Crippen LogP contribution < -0.4 is 5.32 Å². The second-order valence-electron chi connectivity index (χ2n) is 4.78. The Bertz CT molecular complexity index is 722. The van der Waals surface area contributed by atoms with Crippen LogP contribution in [0.25, 0.3) is 10.2 Å². The van der Waals surface area contributed by atoms with Gasteiger partial charge in [-0.25, -0.2) is 4.98 Å². The van der Waals surface area contributed by atoms with Crippen molar-refractivity contribution in [3.8, 4) is 0 Å². The number of nitrogens with one attached hydrogen (secondary N) is 1. The average molecular weight is 328 g/mol. The van der Waals surface area contributed by atoms with Gasteiger partial charge in [0.2, 0.25) is 5.91 Å². The summed E-state index contributed by atoms with van der Waals surface area (Å²) in [7, 11) is 0. The third-order valence-corrected chi connectivity index (χ3v) is 5.22. The highest BCUT2D eigenvalue weighted by Crippen LogP contribution is 2.21. The van der Waals surface area contributed by atoms with Gasteiger partial charge in [0.1, 0.15) is 0 Å². The fourth-order valence-corrected chi connectivity index (χ4v) is 3.77. The van der Waals surface area contributed by atoms with Gasteiger partial charge in [-0.2, -0.15) is 0 Å². The van der Waals surface area contributed by atoms with Gasteiger partial charge < -0.3 is 5.32 Å². The van der Waals surface area contributed by atoms with Crippen molar-refractivity contribution >= 4 is 39.2 Å². The largest absolute Gasteiger partial charge is 0.355 e. The van der Waals surface area contributed by atoms with E-state index in [2.05, 4.69) is 16.4 Å². The molecule has 3 aromatic rings. The number of carbonyl (C=O) groups excluding carboxylic acids is 1. The minimum Gasteiger partial charge on any atom is -0.355 e. The van der Waals surface area contributed by atoms with E-state index in [1.165, 1.54) is 4.70 Å². The average Bonchev–Trinajstić information content (AvgIpc) is 2.96. The molecule has 0 spiro atoms. The van der Waals surface area contributed by atoms with Crippen LogP contribution in [0.2, 0.25) is 0 Å². The Balaban J connectivity index is 1.43. The molecule has 0 saturated heterocycles. The van der Waals surface area contributed by atoms with E-state index in [9.17, 15) is 4.79 Å². The number of nitrogens with zero attached hydrogens (tertiary/aromatic N) is 1. The fourth-order valence-electron chi connectivity index (χ4n) is 2.05. The van der Waals surface area contributed by atoms with Crippen molar-refractivity contribution in [1.29, 1.82) is 0 Å². The molecule has 0 radical (unpaired) electrons. The monoisotopic (exact) mass is 328 g/mol. The molecule has 0 aliphatic carbocycles. The number of thioether (sulfide) groups is 1. The van der Waals surface area contributed by atoms with Crippen LogP contribution >= 0.6 is 23.1 Å². The molecule has 0 atom stereocenters. The number of thiazole rings is 1. The van der Waals surface area contributed by atoms with Crippen molar-refractivity contribution in [3.05, 3.63) is 59.6 Å². The molecule has 3 rings (SSSR count). The van der Waals surface area contributed by atoms with E-state index in [4.69, 9.17) is 0 Å². The molecule has 2 aromatic carbocycles. The van der Waals surface area contributed by atoms with Gasteiger partial charge in [0, 0.05) is 17.9 Å². The molecule has 0 aliphatic rings. The lowest BCUT2D eigenvalue weighted by molar-refractivity contribution is -0.118. The molecule has 0 fully saturated rings. The normalized spacial score (nSPS) is 10.7. The highest BCUT2D eigenvalue weighted by atomic mass is 32.2. The number of rotatable bonds is 6. The Morgan fingerprint density at radius 3 is 2.68 bits per heavy atom. The topological polar surface area (TPSA) is 42.0 Å². The second kappa shape index (κ2) is 7.42. The van der Waals surface area contributed by atoms with Crippen molar-refractivity contribution in [2.24, 2.45) is 0 Å². The van der Waals surface area contributed by atoms with Crippen LogP contribution in [0.4, 0.5) is 0 Å². The quantitative estimate of drug-likeness (QED) is 0.701. The van der Waals surface area contributed by atoms with Gasteiger partial charge in [0.05, 0.1) is 21.0 Å². The number of hydrogen-bond donors (Lipinski definition) is 1. The summed E-state index contributed by atoms with van der Waals surface area (Å²) in [5.74, 6) is 0.513. The SMILES string of the molecule is O=C(CSc1ccccc1)NCCc1nc2ccccc2s1. The molecular formula is C17H16N2OS2. The summed E-state index contributed by atoms with van der Waals surface area (Å²) in [6.45, 7) is 0.633. The van der Waals surface area contributed by atoms with E-state index >= 15 is 0 Å². The van der Waals surface area contributed by atoms with Gasteiger partial charge in [-0.15, -0.1) is 23.1 Å². The van der Waals surface area contributed by atoms with E-state index in [0.717, 1.165) is 21.8 Å². The maximum Gasteiger partial charge on any atom is 0.230 e. The summed E-state index contributed by atoms with van der Waals surface area (Å²) in [5, 5.41) is 4.02. The van der Waals surface area contributed by atoms with Crippen molar-refractivity contribution in [1.82, 2.24) is 10.3 Å². The highest BCUT2D eigenvalue weighted by Gasteiger charge is 2.05. The van der Waals surface area contributed by atoms with Gasteiger partial charge in [-0.1, -0.05) is 30.3 Å². The molecule has 22 heavy (non-hydrogen) atoms. The standard InChI is InChI=1S/C17H16N2OS2/c20-16(12-21-13-6-2-1-3-7-13)18-11-10-17-19-14-8-4-5-9-15(14)22-17/h1-9H,10-12H2,(H,18,20). The van der Waals surface area contributed by atoms with E-state index in [1.807, 2.05) is 48.5 Å². The Kier molecular flexibility index (Phi) is 5.08. The Hall–Kier alpha value is -1.85. The molecular weight excluding hydrogens is 312 g/mol. The van der Waals surface area contributed by atoms with Crippen molar-refractivity contribution in [2.45, 2.75) is 11.3 Å². The molecule has 1 amide bonds. The summed E-state index contributed by atoms with van der Waals surface area (Å²) in [6.07, 6.45) is 0.779. The number of benzene rings is 2. The lowest BCUT2D eigenvalue weighted by Crippen LogP contribution is -2.27. The molecule has 1 aromatic heterocycles. The van der Waals surface area contributed by atoms with Gasteiger partial charge in [-0.05, 0) is 24.3 Å². The number of carbonyl (C=O) groups is 1. The van der Waals surface area contributed by atoms with Gasteiger partial charge in [0.15, 0.2) is 0 Å². The smallest absolute Gasteiger partial charge is 0.230 e. The minimum atomic E-state index is 0.0648. The van der Waals surface area contributed by atoms with Crippen LogP contribution in [-0.2, 0) is 11.2 Å². The summed E-state index contributed by atoms with van der Waals surface area (Å²) < 4.78 is 1.20. The van der Waals surface area contributed by atoms with Crippen molar-refractivity contribution in [3.63, 3.8) is 0 Å². The molecule has 5 heteroatoms. The molecule has 112 valence electrons. The van der Waals surface area contributed by atoms with Crippen LogP contribution in [0.5, 0.6) is 0 Å². The molecule has 0 saturated carbocycles. The molecule has 1 heterocycles. The summed E-state index contributed by atoms with van der Waals surface area (Å²) in [6, 6.07) is 18.1. The molecule has 0 unspecified atom stereocenters. The molecule has 1 N–H and O–H groups in total. The zero-order chi connectivity index (χ0) is 15.2. The maximum absolute atomic E-state index is 11.8. The van der Waals surface area contributed by atoms with Gasteiger partial charge in [-0.3, -0.25) is 4.79 Å². The Labute approximate surface area is 137 Å². The van der Waals surface area contributed by atoms with E-state index < -0.39 is 0 Å². The lowest BCUT2D eigenvalue weighted by Gasteiger charge is -2.03. The number of hydrogen-bond acceptors (Lipinski definition) is 4. The first kappa shape index (κ1) is 15.1. The zero-order valence-corrected chi connectivity index (χ0v) is 13.6. The predicted octanol–water partition coefficient (Wildman–Crippen LogP) is 3.75. The summed E-state index contributed by atoms with van der Waals surface area (Å²) in [5.41, 5.74) is 1.04. The van der Waals surface area contributed by atoms with E-state index in [0.29, 0.717) is 12.3 Å². The van der Waals surface area contributed by atoms with Crippen LogP contribution in [0.3, 0.4) is 0 Å². The number of amides is 1. The van der Waals surface area contributed by atoms with Crippen LogP contribution in [-0.4, -0.2) is 23.2 Å². The molecule has 0 aliphatic heterocycles. The second-order valence-corrected chi connectivity index (χ2v) is 6.94. The Morgan fingerprint density at radius 2 is 1.86 bits per heavy atom. The van der Waals surface area contributed by atoms with Crippen LogP contribution in [0.1, 0.15) is 5.01 Å². The summed E-state index contributed by atoms with van der Waals surface area (Å²) >= 11 is 3.25. The maximum atomic E-state index is 11.8. The van der Waals surface area contributed by atoms with Crippen LogP contribution in [0, 0.1) is 0 Å². The van der Waals surface area contributed by atoms with Crippen molar-refractivity contribution < 1.29 is 4.79 Å². The summed E-state index contributed by atoms with van der Waals surface area (Å²) in [4.78, 5) is 17.5. The molecule has 0 bridgehead atoms. The first-order chi connectivity index (χ1) is 10.8. The number of para-hydroxylation sites is 1. The number of aromatic nitrogens is 1. The third-order valence-electron chi connectivity index (χ3n) is 3.11. The Morgan fingerprint density at radius 1 is 1.09 bits per heavy atom. The van der Waals surface area contributed by atoms with E-state index in [1.54, 1.807) is 23.1 Å².